The number of anilines is 1. The highest BCUT2D eigenvalue weighted by Gasteiger charge is 2.14. The molecule has 2 N–H and O–H groups in total. The van der Waals surface area contributed by atoms with Crippen LogP contribution >= 0.6 is 0 Å². The van der Waals surface area contributed by atoms with Crippen molar-refractivity contribution in [2.45, 2.75) is 19.1 Å². The summed E-state index contributed by atoms with van der Waals surface area (Å²) in [5.74, 6) is 0.109. The molecule has 130 valence electrons. The maximum absolute atomic E-state index is 12.3. The molecule has 2 aromatic heterocycles. The van der Waals surface area contributed by atoms with Gasteiger partial charge in [-0.2, -0.15) is 0 Å². The lowest BCUT2D eigenvalue weighted by molar-refractivity contribution is 0.0405. The third-order valence-electron chi connectivity index (χ3n) is 3.90. The van der Waals surface area contributed by atoms with E-state index in [9.17, 15) is 9.90 Å². The number of nitrogens with one attached hydrogen (secondary N) is 1. The number of hydrogen-bond acceptors (Lipinski definition) is 6. The lowest BCUT2D eigenvalue weighted by Gasteiger charge is -2.12. The van der Waals surface area contributed by atoms with E-state index in [1.165, 1.54) is 6.33 Å². The Balaban J connectivity index is 1.80. The molecule has 1 atom stereocenters. The fourth-order valence-corrected chi connectivity index (χ4v) is 2.47. The number of methoxy groups -OCH3 is 1. The van der Waals surface area contributed by atoms with Gasteiger partial charge in [-0.25, -0.2) is 15.0 Å². The van der Waals surface area contributed by atoms with Crippen LogP contribution in [0.5, 0.6) is 0 Å². The molecule has 3 rings (SSSR count). The number of aromatic nitrogens is 4. The van der Waals surface area contributed by atoms with Gasteiger partial charge in [-0.1, -0.05) is 18.2 Å². The molecule has 8 nitrogen and oxygen atoms in total. The summed E-state index contributed by atoms with van der Waals surface area (Å²) in [7, 11) is 1.56. The van der Waals surface area contributed by atoms with Gasteiger partial charge in [0.15, 0.2) is 17.0 Å². The van der Waals surface area contributed by atoms with E-state index in [0.29, 0.717) is 35.5 Å². The van der Waals surface area contributed by atoms with Crippen LogP contribution in [0, 0.1) is 0 Å². The highest BCUT2D eigenvalue weighted by Crippen LogP contribution is 2.18. The van der Waals surface area contributed by atoms with E-state index >= 15 is 0 Å². The molecule has 0 spiro atoms. The van der Waals surface area contributed by atoms with Crippen molar-refractivity contribution in [3.8, 4) is 0 Å². The monoisotopic (exact) mass is 341 g/mol. The van der Waals surface area contributed by atoms with Gasteiger partial charge in [-0.05, 0) is 18.6 Å². The maximum Gasteiger partial charge on any atom is 0.256 e. The van der Waals surface area contributed by atoms with Gasteiger partial charge < -0.3 is 19.7 Å². The van der Waals surface area contributed by atoms with Crippen LogP contribution < -0.4 is 5.32 Å². The predicted octanol–water partition coefficient (Wildman–Crippen LogP) is 1.48. The first-order valence-corrected chi connectivity index (χ1v) is 7.88. The summed E-state index contributed by atoms with van der Waals surface area (Å²) in [5, 5.41) is 12.0. The zero-order chi connectivity index (χ0) is 17.6. The Morgan fingerprint density at radius 3 is 2.80 bits per heavy atom. The Hall–Kier alpha value is -2.84. The Bertz CT molecular complexity index is 846. The number of carbonyl (C=O) groups is 1. The fraction of sp³-hybridized carbons (Fsp3) is 0.294. The van der Waals surface area contributed by atoms with Crippen molar-refractivity contribution < 1.29 is 14.6 Å². The Kier molecular flexibility index (Phi) is 5.32. The summed E-state index contributed by atoms with van der Waals surface area (Å²) in [6.07, 6.45) is 3.41. The minimum absolute atomic E-state index is 0.0451. The summed E-state index contributed by atoms with van der Waals surface area (Å²) in [6.45, 7) is 0.537. The molecular weight excluding hydrogens is 322 g/mol. The normalized spacial score (nSPS) is 12.2. The average molecular weight is 341 g/mol. The van der Waals surface area contributed by atoms with E-state index < -0.39 is 0 Å². The van der Waals surface area contributed by atoms with Gasteiger partial charge in [0.2, 0.25) is 0 Å². The molecule has 0 radical (unpaired) electrons. The number of aliphatic hydroxyl groups is 1. The van der Waals surface area contributed by atoms with Crippen molar-refractivity contribution >= 4 is 22.9 Å². The summed E-state index contributed by atoms with van der Waals surface area (Å²) in [4.78, 5) is 25.0. The first-order valence-electron chi connectivity index (χ1n) is 7.88. The quantitative estimate of drug-likeness (QED) is 0.675. The third kappa shape index (κ3) is 3.81. The Morgan fingerprint density at radius 2 is 2.08 bits per heavy atom. The number of rotatable bonds is 7. The summed E-state index contributed by atoms with van der Waals surface area (Å²) in [6, 6.07) is 8.90. The Labute approximate surface area is 144 Å². The van der Waals surface area contributed by atoms with Crippen molar-refractivity contribution in [2.24, 2.45) is 0 Å². The van der Waals surface area contributed by atoms with Gasteiger partial charge in [0, 0.05) is 19.2 Å². The van der Waals surface area contributed by atoms with Crippen molar-refractivity contribution in [1.29, 1.82) is 0 Å². The molecule has 1 aromatic carbocycles. The minimum atomic E-state index is -0.255. The third-order valence-corrected chi connectivity index (χ3v) is 3.90. The maximum atomic E-state index is 12.3. The molecule has 3 aromatic rings. The van der Waals surface area contributed by atoms with Gasteiger partial charge in [-0.15, -0.1) is 0 Å². The molecule has 8 heteroatoms. The van der Waals surface area contributed by atoms with Crippen LogP contribution in [0.3, 0.4) is 0 Å². The molecule has 0 bridgehead atoms. The van der Waals surface area contributed by atoms with E-state index in [4.69, 9.17) is 4.74 Å². The van der Waals surface area contributed by atoms with Crippen LogP contribution in [0.2, 0.25) is 0 Å². The second-order valence-corrected chi connectivity index (χ2v) is 5.48. The molecule has 1 amide bonds. The van der Waals surface area contributed by atoms with E-state index in [1.807, 2.05) is 10.6 Å². The lowest BCUT2D eigenvalue weighted by Crippen LogP contribution is -2.18. The average Bonchev–Trinajstić information content (AvgIpc) is 3.07. The molecule has 25 heavy (non-hydrogen) atoms. The van der Waals surface area contributed by atoms with E-state index in [2.05, 4.69) is 20.3 Å². The van der Waals surface area contributed by atoms with E-state index in [1.54, 1.807) is 37.7 Å². The van der Waals surface area contributed by atoms with Crippen LogP contribution in [-0.2, 0) is 11.3 Å². The van der Waals surface area contributed by atoms with Gasteiger partial charge in [0.05, 0.1) is 19.0 Å². The van der Waals surface area contributed by atoms with Crippen LogP contribution in [0.1, 0.15) is 16.8 Å². The number of amides is 1. The number of nitrogens with zero attached hydrogens (tertiary/aromatic N) is 4. The largest absolute Gasteiger partial charge is 0.394 e. The van der Waals surface area contributed by atoms with E-state index in [-0.39, 0.29) is 18.6 Å². The van der Waals surface area contributed by atoms with Crippen LogP contribution in [0.15, 0.2) is 43.0 Å². The van der Waals surface area contributed by atoms with Crippen LogP contribution in [-0.4, -0.2) is 50.4 Å². The SMILES string of the molecule is COC(CO)CCn1cnc2c(NC(=O)c3ccccc3)ncnc21. The fourth-order valence-electron chi connectivity index (χ4n) is 2.47. The zero-order valence-electron chi connectivity index (χ0n) is 13.8. The molecule has 0 saturated heterocycles. The number of aryl methyl sites for hydroxylation is 1. The number of hydrogen-bond donors (Lipinski definition) is 2. The lowest BCUT2D eigenvalue weighted by atomic mass is 10.2. The van der Waals surface area contributed by atoms with Gasteiger partial charge in [-0.3, -0.25) is 4.79 Å². The summed E-state index contributed by atoms with van der Waals surface area (Å²) in [5.41, 5.74) is 1.68. The smallest absolute Gasteiger partial charge is 0.256 e. The number of aliphatic hydroxyl groups excluding tert-OH is 1. The molecule has 0 aliphatic carbocycles. The molecular formula is C17H19N5O3. The molecule has 2 heterocycles. The van der Waals surface area contributed by atoms with Crippen LogP contribution in [0.4, 0.5) is 5.82 Å². The number of carbonyl (C=O) groups excluding carboxylic acids is 1. The molecule has 1 unspecified atom stereocenters. The molecule has 0 fully saturated rings. The highest BCUT2D eigenvalue weighted by molar-refractivity contribution is 6.06. The summed E-state index contributed by atoms with van der Waals surface area (Å²) >= 11 is 0. The van der Waals surface area contributed by atoms with Crippen molar-refractivity contribution in [1.82, 2.24) is 19.5 Å². The standard InChI is InChI=1S/C17H19N5O3/c1-25-13(9-23)7-8-22-11-20-14-15(18-10-19-16(14)22)21-17(24)12-5-3-2-4-6-12/h2-6,10-11,13,23H,7-9H2,1H3,(H,18,19,21,24). The molecule has 0 aliphatic heterocycles. The topological polar surface area (TPSA) is 102 Å². The predicted molar refractivity (Wildman–Crippen MR) is 92.2 cm³/mol. The Morgan fingerprint density at radius 1 is 1.28 bits per heavy atom. The van der Waals surface area contributed by atoms with Gasteiger partial charge in [0.1, 0.15) is 6.33 Å². The zero-order valence-corrected chi connectivity index (χ0v) is 13.8. The summed E-state index contributed by atoms with van der Waals surface area (Å²) < 4.78 is 7.01. The van der Waals surface area contributed by atoms with Crippen LogP contribution in [0.25, 0.3) is 11.2 Å². The van der Waals surface area contributed by atoms with Gasteiger partial charge in [0.25, 0.3) is 5.91 Å². The van der Waals surface area contributed by atoms with Crippen molar-refractivity contribution in [2.75, 3.05) is 19.0 Å². The number of benzene rings is 1. The number of imidazole rings is 1. The molecule has 0 aliphatic rings. The number of fused-ring (bicyclic) bond motifs is 1. The minimum Gasteiger partial charge on any atom is -0.394 e. The van der Waals surface area contributed by atoms with Gasteiger partial charge >= 0.3 is 0 Å². The first-order chi connectivity index (χ1) is 12.2. The van der Waals surface area contributed by atoms with E-state index in [0.717, 1.165) is 0 Å². The van der Waals surface area contributed by atoms with Crippen molar-refractivity contribution in [3.05, 3.63) is 48.5 Å². The number of ether oxygens (including phenoxy) is 1. The second kappa shape index (κ2) is 7.82. The van der Waals surface area contributed by atoms with Crippen molar-refractivity contribution in [3.63, 3.8) is 0 Å². The second-order valence-electron chi connectivity index (χ2n) is 5.48. The highest BCUT2D eigenvalue weighted by atomic mass is 16.5. The first kappa shape index (κ1) is 17.0. The molecule has 0 saturated carbocycles.